The molecule has 6 saturated heterocycles. The van der Waals surface area contributed by atoms with Crippen molar-refractivity contribution in [1.29, 1.82) is 0 Å². The molecule has 6 unspecified atom stereocenters. The zero-order valence-electron chi connectivity index (χ0n) is 22.0. The van der Waals surface area contributed by atoms with Crippen LogP contribution in [0.15, 0.2) is 0 Å². The average Bonchev–Trinajstić information content (AvgIpc) is 2.80. The fourth-order valence-electron chi connectivity index (χ4n) is 6.26. The lowest BCUT2D eigenvalue weighted by atomic mass is 9.92. The van der Waals surface area contributed by atoms with Gasteiger partial charge in [-0.3, -0.25) is 9.59 Å². The largest absolute Gasteiger partial charge is 0.456 e. The van der Waals surface area contributed by atoms with E-state index in [-0.39, 0.29) is 24.1 Å². The number of carbonyl (C=O) groups excluding carboxylic acids is 2. The van der Waals surface area contributed by atoms with Gasteiger partial charge in [-0.05, 0) is 65.2 Å². The molecule has 0 radical (unpaired) electrons. The van der Waals surface area contributed by atoms with Gasteiger partial charge in [0.05, 0.1) is 12.1 Å². The van der Waals surface area contributed by atoms with Gasteiger partial charge in [0.1, 0.15) is 12.1 Å². The molecule has 6 aliphatic rings. The number of hydrogen-bond acceptors (Lipinski definition) is 4. The lowest BCUT2D eigenvalue weighted by Gasteiger charge is -2.32. The van der Waals surface area contributed by atoms with E-state index in [1.165, 1.54) is 51.4 Å². The normalized spacial score (nSPS) is 36.5. The molecule has 6 rings (SSSR count). The molecule has 6 fully saturated rings. The molecule has 6 atom stereocenters. The maximum atomic E-state index is 12.3. The summed E-state index contributed by atoms with van der Waals surface area (Å²) in [5.74, 6) is 0.0115. The maximum absolute atomic E-state index is 12.3. The SMILES string of the molecule is CC1[NH2+]C2CCCCCCCC(=O)OC3CCC(CCCCCCCC(=O)OC1CC2)[NH2+]C3C. The van der Waals surface area contributed by atoms with Crippen molar-refractivity contribution in [2.75, 3.05) is 0 Å². The number of ether oxygens (including phenoxy) is 2. The maximum Gasteiger partial charge on any atom is 0.306 e. The molecule has 0 aromatic carbocycles. The monoisotopic (exact) mass is 480 g/mol. The molecule has 6 nitrogen and oxygen atoms in total. The Morgan fingerprint density at radius 3 is 1.32 bits per heavy atom. The van der Waals surface area contributed by atoms with Crippen molar-refractivity contribution >= 4 is 11.9 Å². The average molecular weight is 481 g/mol. The van der Waals surface area contributed by atoms with E-state index in [0.717, 1.165) is 51.4 Å². The standard InChI is InChI=1S/C28H50N2O4/c1-21-25-19-17-23(29-21)13-9-5-3-8-12-16-28(32)34-26-20-18-24(30-22(26)2)14-10-6-4-7-11-15-27(31)33-25/h21-26,29-30H,3-20H2,1-2H3/p+2. The topological polar surface area (TPSA) is 85.8 Å². The van der Waals surface area contributed by atoms with Crippen molar-refractivity contribution in [2.45, 2.75) is 166 Å². The number of nitrogens with two attached hydrogens (primary N) is 2. The van der Waals surface area contributed by atoms with E-state index in [9.17, 15) is 9.59 Å². The second kappa shape index (κ2) is 15.1. The van der Waals surface area contributed by atoms with Crippen molar-refractivity contribution in [3.8, 4) is 0 Å². The highest BCUT2D eigenvalue weighted by Crippen LogP contribution is 2.19. The molecule has 0 amide bonds. The quantitative estimate of drug-likeness (QED) is 0.520. The first-order valence-electron chi connectivity index (χ1n) is 14.6. The Labute approximate surface area is 207 Å². The highest BCUT2D eigenvalue weighted by atomic mass is 16.5. The number of hydrogen-bond donors (Lipinski definition) is 2. The summed E-state index contributed by atoms with van der Waals surface area (Å²) in [6.45, 7) is 4.42. The predicted molar refractivity (Wildman–Crippen MR) is 133 cm³/mol. The Balaban J connectivity index is 1.43. The summed E-state index contributed by atoms with van der Waals surface area (Å²) in [5, 5.41) is 4.88. The number of quaternary nitrogens is 2. The van der Waals surface area contributed by atoms with Gasteiger partial charge in [0.15, 0.2) is 12.2 Å². The van der Waals surface area contributed by atoms with E-state index < -0.39 is 0 Å². The number of esters is 2. The van der Waals surface area contributed by atoms with Gasteiger partial charge in [0.2, 0.25) is 0 Å². The molecule has 196 valence electrons. The third kappa shape index (κ3) is 9.85. The minimum atomic E-state index is 0.00573. The fourth-order valence-corrected chi connectivity index (χ4v) is 6.26. The van der Waals surface area contributed by atoms with Crippen molar-refractivity contribution < 1.29 is 29.7 Å². The molecular formula is C28H52N2O4+2. The minimum absolute atomic E-state index is 0.00573. The van der Waals surface area contributed by atoms with Crippen molar-refractivity contribution in [3.05, 3.63) is 0 Å². The molecule has 0 aromatic heterocycles. The van der Waals surface area contributed by atoms with Crippen LogP contribution in [0.5, 0.6) is 0 Å². The smallest absolute Gasteiger partial charge is 0.306 e. The fraction of sp³-hybridized carbons (Fsp3) is 0.929. The number of piperidine rings is 2. The Bertz CT molecular complexity index is 561. The van der Waals surface area contributed by atoms with Crippen molar-refractivity contribution in [3.63, 3.8) is 0 Å². The predicted octanol–water partition coefficient (Wildman–Crippen LogP) is 3.51. The first-order chi connectivity index (χ1) is 16.5. The molecule has 6 heterocycles. The summed E-state index contributed by atoms with van der Waals surface area (Å²) in [4.78, 5) is 24.7. The number of carbonyl (C=O) groups is 2. The van der Waals surface area contributed by atoms with Crippen LogP contribution >= 0.6 is 0 Å². The van der Waals surface area contributed by atoms with Gasteiger partial charge in [0.25, 0.3) is 0 Å². The summed E-state index contributed by atoms with van der Waals surface area (Å²) in [7, 11) is 0. The highest BCUT2D eigenvalue weighted by Gasteiger charge is 2.33. The summed E-state index contributed by atoms with van der Waals surface area (Å²) >= 11 is 0. The van der Waals surface area contributed by atoms with Crippen LogP contribution in [0.2, 0.25) is 0 Å². The molecule has 34 heavy (non-hydrogen) atoms. The molecule has 4 bridgehead atoms. The van der Waals surface area contributed by atoms with Gasteiger partial charge < -0.3 is 20.1 Å². The Morgan fingerprint density at radius 2 is 0.912 bits per heavy atom. The summed E-state index contributed by atoms with van der Waals surface area (Å²) in [6, 6.07) is 2.05. The molecule has 6 aliphatic heterocycles. The van der Waals surface area contributed by atoms with Crippen LogP contribution in [0.1, 0.15) is 129 Å². The first-order valence-corrected chi connectivity index (χ1v) is 14.6. The van der Waals surface area contributed by atoms with Crippen molar-refractivity contribution in [1.82, 2.24) is 0 Å². The third-order valence-corrected chi connectivity index (χ3v) is 8.45. The van der Waals surface area contributed by atoms with Gasteiger partial charge >= 0.3 is 11.9 Å². The van der Waals surface area contributed by atoms with Crippen LogP contribution in [0.3, 0.4) is 0 Å². The number of rotatable bonds is 0. The first kappa shape index (κ1) is 27.4. The van der Waals surface area contributed by atoms with Gasteiger partial charge in [-0.15, -0.1) is 0 Å². The zero-order chi connectivity index (χ0) is 24.2. The minimum Gasteiger partial charge on any atom is -0.456 e. The third-order valence-electron chi connectivity index (χ3n) is 8.45. The van der Waals surface area contributed by atoms with Gasteiger partial charge in [-0.2, -0.15) is 0 Å². The van der Waals surface area contributed by atoms with E-state index in [0.29, 0.717) is 37.0 Å². The molecule has 0 saturated carbocycles. The summed E-state index contributed by atoms with van der Waals surface area (Å²) in [5.41, 5.74) is 0. The van der Waals surface area contributed by atoms with E-state index in [4.69, 9.17) is 9.47 Å². The van der Waals surface area contributed by atoms with Crippen LogP contribution in [0.4, 0.5) is 0 Å². The van der Waals surface area contributed by atoms with Crippen LogP contribution in [0, 0.1) is 0 Å². The van der Waals surface area contributed by atoms with Crippen LogP contribution in [-0.4, -0.2) is 48.3 Å². The van der Waals surface area contributed by atoms with Gasteiger partial charge in [-0.1, -0.05) is 38.5 Å². The Hall–Kier alpha value is -1.14. The second-order valence-electron chi connectivity index (χ2n) is 11.4. The molecule has 4 N–H and O–H groups in total. The van der Waals surface area contributed by atoms with E-state index >= 15 is 0 Å². The molecule has 0 spiro atoms. The van der Waals surface area contributed by atoms with Crippen LogP contribution < -0.4 is 10.6 Å². The van der Waals surface area contributed by atoms with Gasteiger partial charge in [-0.25, -0.2) is 0 Å². The molecule has 0 aromatic rings. The van der Waals surface area contributed by atoms with Crippen LogP contribution in [0.25, 0.3) is 0 Å². The molecular weight excluding hydrogens is 428 g/mol. The lowest BCUT2D eigenvalue weighted by Crippen LogP contribution is -2.98. The highest BCUT2D eigenvalue weighted by molar-refractivity contribution is 5.69. The lowest BCUT2D eigenvalue weighted by molar-refractivity contribution is -0.734. The molecule has 6 heteroatoms. The second-order valence-corrected chi connectivity index (χ2v) is 11.4. The van der Waals surface area contributed by atoms with E-state index in [2.05, 4.69) is 24.5 Å². The Kier molecular flexibility index (Phi) is 12.2. The van der Waals surface area contributed by atoms with Gasteiger partial charge in [0, 0.05) is 25.7 Å². The van der Waals surface area contributed by atoms with E-state index in [1.807, 2.05) is 0 Å². The van der Waals surface area contributed by atoms with E-state index in [1.54, 1.807) is 0 Å². The summed E-state index contributed by atoms with van der Waals surface area (Å²) in [6.07, 6.45) is 19.6. The van der Waals surface area contributed by atoms with Crippen LogP contribution in [-0.2, 0) is 19.1 Å². The Morgan fingerprint density at radius 1 is 0.529 bits per heavy atom. The zero-order valence-corrected chi connectivity index (χ0v) is 22.0. The van der Waals surface area contributed by atoms with Crippen molar-refractivity contribution in [2.24, 2.45) is 0 Å². The summed E-state index contributed by atoms with van der Waals surface area (Å²) < 4.78 is 11.7. The molecule has 0 aliphatic carbocycles.